The summed E-state index contributed by atoms with van der Waals surface area (Å²) in [6, 6.07) is 3.86. The second-order valence-corrected chi connectivity index (χ2v) is 5.57. The molecule has 0 fully saturated rings. The molecule has 0 amide bonds. The van der Waals surface area contributed by atoms with Crippen molar-refractivity contribution in [3.63, 3.8) is 0 Å². The topological polar surface area (TPSA) is 110 Å². The van der Waals surface area contributed by atoms with E-state index in [0.29, 0.717) is 18.7 Å². The van der Waals surface area contributed by atoms with E-state index < -0.39 is 11.2 Å². The molecule has 0 atom stereocenters. The van der Waals surface area contributed by atoms with Crippen LogP contribution >= 0.6 is 0 Å². The average Bonchev–Trinajstić information content (AvgIpc) is 2.53. The number of aliphatic hydroxyl groups excluding tert-OH is 1. The Kier molecular flexibility index (Phi) is 4.41. The van der Waals surface area contributed by atoms with Crippen molar-refractivity contribution < 1.29 is 9.84 Å². The van der Waals surface area contributed by atoms with Gasteiger partial charge in [-0.15, -0.1) is 0 Å². The Labute approximate surface area is 137 Å². The number of aryl methyl sites for hydroxylation is 2. The van der Waals surface area contributed by atoms with Gasteiger partial charge >= 0.3 is 5.69 Å². The molecule has 0 saturated heterocycles. The minimum Gasteiger partial charge on any atom is -0.394 e. The third-order valence-electron chi connectivity index (χ3n) is 3.92. The van der Waals surface area contributed by atoms with Gasteiger partial charge in [-0.1, -0.05) is 0 Å². The number of benzene rings is 1. The Bertz CT molecular complexity index is 976. The van der Waals surface area contributed by atoms with Crippen LogP contribution in [-0.2, 0) is 11.3 Å². The first-order valence-corrected chi connectivity index (χ1v) is 7.61. The quantitative estimate of drug-likeness (QED) is 0.511. The predicted octanol–water partition coefficient (Wildman–Crippen LogP) is 0.210. The maximum Gasteiger partial charge on any atom is 0.349 e. The van der Waals surface area contributed by atoms with Gasteiger partial charge in [0, 0.05) is 6.54 Å². The summed E-state index contributed by atoms with van der Waals surface area (Å²) in [5.41, 5.74) is 2.41. The molecule has 2 aliphatic heterocycles. The molecule has 0 spiro atoms. The Balaban J connectivity index is 2.26. The lowest BCUT2D eigenvalue weighted by Gasteiger charge is -2.17. The number of nitrogens with one attached hydrogen (secondary N) is 1. The Morgan fingerprint density at radius 1 is 1.17 bits per heavy atom. The largest absolute Gasteiger partial charge is 0.394 e. The van der Waals surface area contributed by atoms with Gasteiger partial charge in [0.1, 0.15) is 0 Å². The van der Waals surface area contributed by atoms with E-state index in [2.05, 4.69) is 15.0 Å². The van der Waals surface area contributed by atoms with Crippen molar-refractivity contribution >= 4 is 11.0 Å². The van der Waals surface area contributed by atoms with Crippen molar-refractivity contribution in [2.24, 2.45) is 0 Å². The van der Waals surface area contributed by atoms with Crippen LogP contribution < -0.4 is 11.2 Å². The van der Waals surface area contributed by atoms with Gasteiger partial charge < -0.3 is 14.4 Å². The number of hydrogen-bond acceptors (Lipinski definition) is 6. The molecule has 3 rings (SSSR count). The molecule has 0 aromatic heterocycles. The number of aromatic amines is 1. The van der Waals surface area contributed by atoms with E-state index in [1.807, 2.05) is 26.0 Å². The summed E-state index contributed by atoms with van der Waals surface area (Å²) in [6.45, 7) is 4.81. The molecule has 0 bridgehead atoms. The van der Waals surface area contributed by atoms with Crippen LogP contribution in [0.15, 0.2) is 21.7 Å². The van der Waals surface area contributed by atoms with Crippen LogP contribution in [0.4, 0.5) is 0 Å². The van der Waals surface area contributed by atoms with Crippen molar-refractivity contribution in [3.05, 3.63) is 44.1 Å². The van der Waals surface area contributed by atoms with Crippen molar-refractivity contribution in [3.8, 4) is 11.5 Å². The third-order valence-corrected chi connectivity index (χ3v) is 3.92. The summed E-state index contributed by atoms with van der Waals surface area (Å²) >= 11 is 0. The van der Waals surface area contributed by atoms with Crippen LogP contribution in [0, 0.1) is 13.8 Å². The Morgan fingerprint density at radius 2 is 1.92 bits per heavy atom. The summed E-state index contributed by atoms with van der Waals surface area (Å²) in [4.78, 5) is 34.2. The third kappa shape index (κ3) is 2.93. The number of hydrogen-bond donors (Lipinski definition) is 2. The van der Waals surface area contributed by atoms with E-state index in [1.54, 1.807) is 4.57 Å². The highest BCUT2D eigenvalue weighted by molar-refractivity contribution is 5.81. The fourth-order valence-corrected chi connectivity index (χ4v) is 2.60. The maximum absolute atomic E-state index is 12.1. The zero-order valence-electron chi connectivity index (χ0n) is 13.5. The molecular formula is C16H18N4O4. The number of nitrogens with zero attached hydrogens (tertiary/aromatic N) is 3. The Morgan fingerprint density at radius 3 is 2.67 bits per heavy atom. The van der Waals surface area contributed by atoms with Crippen LogP contribution in [0.3, 0.4) is 0 Å². The zero-order valence-corrected chi connectivity index (χ0v) is 13.5. The number of rotatable bonds is 5. The molecule has 0 unspecified atom stereocenters. The molecule has 2 heterocycles. The minimum atomic E-state index is -0.706. The van der Waals surface area contributed by atoms with E-state index in [0.717, 1.165) is 16.6 Å². The number of H-pyrrole nitrogens is 1. The maximum atomic E-state index is 12.1. The number of aliphatic hydroxyl groups is 1. The van der Waals surface area contributed by atoms with Gasteiger partial charge in [-0.3, -0.25) is 9.78 Å². The highest BCUT2D eigenvalue weighted by Crippen LogP contribution is 2.23. The summed E-state index contributed by atoms with van der Waals surface area (Å²) in [5, 5.41) is 8.81. The summed E-state index contributed by atoms with van der Waals surface area (Å²) in [6.07, 6.45) is 0. The highest BCUT2D eigenvalue weighted by Gasteiger charge is 2.19. The SMILES string of the molecule is Cc1cc2nc3c(=O)[nH]c(=O)nc-3n(CCOCCO)c2cc1C. The molecule has 24 heavy (non-hydrogen) atoms. The fourth-order valence-electron chi connectivity index (χ4n) is 2.60. The van der Waals surface area contributed by atoms with Crippen molar-refractivity contribution in [2.45, 2.75) is 20.4 Å². The van der Waals surface area contributed by atoms with Crippen molar-refractivity contribution in [1.82, 2.24) is 19.5 Å². The van der Waals surface area contributed by atoms with Crippen LogP contribution in [0.1, 0.15) is 11.1 Å². The summed E-state index contributed by atoms with van der Waals surface area (Å²) in [5.74, 6) is 0.229. The number of ether oxygens (including phenoxy) is 1. The van der Waals surface area contributed by atoms with Crippen LogP contribution in [0.5, 0.6) is 0 Å². The van der Waals surface area contributed by atoms with E-state index in [1.165, 1.54) is 0 Å². The molecule has 2 N–H and O–H groups in total. The van der Waals surface area contributed by atoms with E-state index in [4.69, 9.17) is 9.84 Å². The number of aromatic nitrogens is 4. The monoisotopic (exact) mass is 330 g/mol. The normalized spacial score (nSPS) is 11.5. The second-order valence-electron chi connectivity index (χ2n) is 5.57. The summed E-state index contributed by atoms with van der Waals surface area (Å²) in [7, 11) is 0. The lowest BCUT2D eigenvalue weighted by Crippen LogP contribution is -2.29. The molecule has 0 saturated carbocycles. The van der Waals surface area contributed by atoms with Gasteiger partial charge in [-0.2, -0.15) is 4.98 Å². The van der Waals surface area contributed by atoms with Crippen LogP contribution in [-0.4, -0.2) is 44.4 Å². The van der Waals surface area contributed by atoms with Gasteiger partial charge in [0.2, 0.25) is 0 Å². The molecule has 8 heteroatoms. The molecule has 1 aromatic carbocycles. The van der Waals surface area contributed by atoms with Crippen molar-refractivity contribution in [1.29, 1.82) is 0 Å². The molecule has 0 aliphatic carbocycles. The lowest BCUT2D eigenvalue weighted by atomic mass is 10.1. The standard InChI is InChI=1S/C16H18N4O4/c1-9-7-11-12(8-10(9)2)20(3-5-24-6-4-21)14-13(17-11)15(22)19-16(23)18-14/h7-8,21H,3-6H2,1-2H3,(H,19,22,23). The zero-order chi connectivity index (χ0) is 17.3. The van der Waals surface area contributed by atoms with Gasteiger partial charge in [0.05, 0.1) is 30.9 Å². The minimum absolute atomic E-state index is 0.0660. The number of fused-ring (bicyclic) bond motifs is 2. The molecule has 0 radical (unpaired) electrons. The first-order chi connectivity index (χ1) is 11.5. The lowest BCUT2D eigenvalue weighted by molar-refractivity contribution is 0.0875. The molecular weight excluding hydrogens is 312 g/mol. The molecule has 1 aromatic rings. The Hall–Kier alpha value is -2.58. The van der Waals surface area contributed by atoms with E-state index in [9.17, 15) is 9.59 Å². The second kappa shape index (κ2) is 6.50. The van der Waals surface area contributed by atoms with Gasteiger partial charge in [0.15, 0.2) is 11.5 Å². The smallest absolute Gasteiger partial charge is 0.349 e. The molecule has 2 aliphatic rings. The van der Waals surface area contributed by atoms with E-state index >= 15 is 0 Å². The van der Waals surface area contributed by atoms with Gasteiger partial charge in [-0.05, 0) is 37.1 Å². The van der Waals surface area contributed by atoms with E-state index in [-0.39, 0.29) is 24.7 Å². The van der Waals surface area contributed by atoms with Crippen LogP contribution in [0.2, 0.25) is 0 Å². The van der Waals surface area contributed by atoms with Gasteiger partial charge in [0.25, 0.3) is 5.56 Å². The first-order valence-electron chi connectivity index (χ1n) is 7.61. The predicted molar refractivity (Wildman–Crippen MR) is 88.4 cm³/mol. The molecule has 8 nitrogen and oxygen atoms in total. The first kappa shape index (κ1) is 16.3. The fraction of sp³-hybridized carbons (Fsp3) is 0.375. The van der Waals surface area contributed by atoms with Crippen molar-refractivity contribution in [2.75, 3.05) is 19.8 Å². The average molecular weight is 330 g/mol. The summed E-state index contributed by atoms with van der Waals surface area (Å²) < 4.78 is 7.08. The molecule has 126 valence electrons. The van der Waals surface area contributed by atoms with Gasteiger partial charge in [-0.25, -0.2) is 9.78 Å². The highest BCUT2D eigenvalue weighted by atomic mass is 16.5. The van der Waals surface area contributed by atoms with Crippen LogP contribution in [0.25, 0.3) is 22.6 Å².